The van der Waals surface area contributed by atoms with E-state index in [0.29, 0.717) is 13.3 Å². The lowest BCUT2D eigenvalue weighted by molar-refractivity contribution is 0.00906. The minimum absolute atomic E-state index is 0.298. The van der Waals surface area contributed by atoms with E-state index in [1.165, 1.54) is 12.8 Å². The van der Waals surface area contributed by atoms with Gasteiger partial charge in [-0.3, -0.25) is 0 Å². The number of rotatable bonds is 6. The maximum atomic E-state index is 5.64. The van der Waals surface area contributed by atoms with Crippen molar-refractivity contribution < 1.29 is 9.47 Å². The first-order valence-electron chi connectivity index (χ1n) is 5.49. The Bertz CT molecular complexity index is 353. The van der Waals surface area contributed by atoms with E-state index in [1.54, 1.807) is 0 Å². The van der Waals surface area contributed by atoms with Gasteiger partial charge in [-0.2, -0.15) is 0 Å². The minimum Gasteiger partial charge on any atom is -0.466 e. The maximum absolute atomic E-state index is 5.64. The van der Waals surface area contributed by atoms with Crippen molar-refractivity contribution in [3.63, 3.8) is 0 Å². The average molecular weight is 286 g/mol. The van der Waals surface area contributed by atoms with Crippen LogP contribution in [0.1, 0.15) is 18.4 Å². The van der Waals surface area contributed by atoms with Gasteiger partial charge in [-0.05, 0) is 40.8 Å². The molecule has 1 aromatic rings. The topological polar surface area (TPSA) is 44.5 Å². The van der Waals surface area contributed by atoms with Crippen LogP contribution in [-0.2, 0) is 11.3 Å². The zero-order chi connectivity index (χ0) is 11.4. The molecule has 1 saturated carbocycles. The van der Waals surface area contributed by atoms with Gasteiger partial charge in [0.25, 0.3) is 0 Å². The zero-order valence-corrected chi connectivity index (χ0v) is 10.7. The number of para-hydroxylation sites is 1. The van der Waals surface area contributed by atoms with Gasteiger partial charge in [0.1, 0.15) is 5.75 Å². The van der Waals surface area contributed by atoms with Crippen LogP contribution in [0.25, 0.3) is 0 Å². The molecule has 4 heteroatoms. The molecule has 88 valence electrons. The fraction of sp³-hybridized carbons (Fsp3) is 0.500. The molecule has 1 aliphatic carbocycles. The third-order valence-electron chi connectivity index (χ3n) is 2.61. The van der Waals surface area contributed by atoms with Gasteiger partial charge in [-0.25, -0.2) is 0 Å². The monoisotopic (exact) mass is 285 g/mol. The maximum Gasteiger partial charge on any atom is 0.189 e. The zero-order valence-electron chi connectivity index (χ0n) is 9.12. The third-order valence-corrected chi connectivity index (χ3v) is 3.23. The second-order valence-electron chi connectivity index (χ2n) is 4.01. The first-order valence-corrected chi connectivity index (χ1v) is 6.28. The molecule has 2 N–H and O–H groups in total. The largest absolute Gasteiger partial charge is 0.466 e. The highest BCUT2D eigenvalue weighted by Crippen LogP contribution is 2.30. The lowest BCUT2D eigenvalue weighted by Crippen LogP contribution is -2.08. The molecule has 0 aromatic heterocycles. The van der Waals surface area contributed by atoms with Crippen LogP contribution in [0.3, 0.4) is 0 Å². The Morgan fingerprint density at radius 2 is 2.19 bits per heavy atom. The summed E-state index contributed by atoms with van der Waals surface area (Å²) < 4.78 is 11.9. The Labute approximate surface area is 104 Å². The Morgan fingerprint density at radius 3 is 2.88 bits per heavy atom. The highest BCUT2D eigenvalue weighted by molar-refractivity contribution is 9.10. The molecule has 1 aromatic carbocycles. The van der Waals surface area contributed by atoms with Gasteiger partial charge in [0.05, 0.1) is 11.1 Å². The third kappa shape index (κ3) is 3.20. The number of ether oxygens (including phenoxy) is 2. The van der Waals surface area contributed by atoms with Crippen molar-refractivity contribution in [2.24, 2.45) is 11.7 Å². The molecular weight excluding hydrogens is 270 g/mol. The van der Waals surface area contributed by atoms with Crippen molar-refractivity contribution in [3.05, 3.63) is 28.2 Å². The van der Waals surface area contributed by atoms with Crippen molar-refractivity contribution in [1.29, 1.82) is 0 Å². The summed E-state index contributed by atoms with van der Waals surface area (Å²) in [6.45, 7) is 1.58. The van der Waals surface area contributed by atoms with E-state index in [9.17, 15) is 0 Å². The number of hydrogen-bond acceptors (Lipinski definition) is 3. The molecule has 2 rings (SSSR count). The molecule has 0 bridgehead atoms. The Kier molecular flexibility index (Phi) is 4.21. The highest BCUT2D eigenvalue weighted by Gasteiger charge is 2.21. The molecule has 0 unspecified atom stereocenters. The van der Waals surface area contributed by atoms with E-state index in [1.807, 2.05) is 18.2 Å². The van der Waals surface area contributed by atoms with Gasteiger partial charge in [0, 0.05) is 12.1 Å². The summed E-state index contributed by atoms with van der Waals surface area (Å²) in [6.07, 6.45) is 2.59. The molecule has 0 heterocycles. The van der Waals surface area contributed by atoms with Gasteiger partial charge in [-0.1, -0.05) is 12.1 Å². The Hall–Kier alpha value is -0.580. The van der Waals surface area contributed by atoms with Gasteiger partial charge in [0.2, 0.25) is 0 Å². The van der Waals surface area contributed by atoms with Crippen LogP contribution in [0.2, 0.25) is 0 Å². The van der Waals surface area contributed by atoms with E-state index in [0.717, 1.165) is 28.3 Å². The summed E-state index contributed by atoms with van der Waals surface area (Å²) in [5, 5.41) is 0. The lowest BCUT2D eigenvalue weighted by Gasteiger charge is -2.12. The van der Waals surface area contributed by atoms with Crippen LogP contribution in [0.15, 0.2) is 22.7 Å². The van der Waals surface area contributed by atoms with E-state index < -0.39 is 0 Å². The molecule has 1 fully saturated rings. The molecule has 0 radical (unpaired) electrons. The first-order chi connectivity index (χ1) is 7.81. The predicted molar refractivity (Wildman–Crippen MR) is 66.2 cm³/mol. The second kappa shape index (κ2) is 5.66. The van der Waals surface area contributed by atoms with Crippen LogP contribution in [0.4, 0.5) is 0 Å². The number of halogens is 1. The summed E-state index contributed by atoms with van der Waals surface area (Å²) in [4.78, 5) is 0. The standard InChI is InChI=1S/C12H16BrNO2/c13-11-3-1-2-10(6-14)12(11)16-8-15-7-9-4-5-9/h1-3,9H,4-8,14H2. The molecular formula is C12H16BrNO2. The summed E-state index contributed by atoms with van der Waals surface area (Å²) in [6, 6.07) is 5.85. The van der Waals surface area contributed by atoms with Crippen LogP contribution in [0, 0.1) is 5.92 Å². The fourth-order valence-corrected chi connectivity index (χ4v) is 2.00. The van der Waals surface area contributed by atoms with Crippen LogP contribution in [0.5, 0.6) is 5.75 Å². The molecule has 16 heavy (non-hydrogen) atoms. The summed E-state index contributed by atoms with van der Waals surface area (Å²) >= 11 is 3.45. The van der Waals surface area contributed by atoms with Crippen LogP contribution < -0.4 is 10.5 Å². The van der Waals surface area contributed by atoms with E-state index in [-0.39, 0.29) is 0 Å². The fourth-order valence-electron chi connectivity index (χ4n) is 1.48. The minimum atomic E-state index is 0.298. The second-order valence-corrected chi connectivity index (χ2v) is 4.86. The van der Waals surface area contributed by atoms with E-state index in [2.05, 4.69) is 15.9 Å². The number of hydrogen-bond donors (Lipinski definition) is 1. The molecule has 0 aliphatic heterocycles. The first kappa shape index (κ1) is 11.9. The van der Waals surface area contributed by atoms with Crippen molar-refractivity contribution in [2.45, 2.75) is 19.4 Å². The van der Waals surface area contributed by atoms with Crippen molar-refractivity contribution in [2.75, 3.05) is 13.4 Å². The summed E-state index contributed by atoms with van der Waals surface area (Å²) in [5.74, 6) is 1.55. The predicted octanol–water partition coefficient (Wildman–Crippen LogP) is 2.67. The van der Waals surface area contributed by atoms with E-state index >= 15 is 0 Å². The summed E-state index contributed by atoms with van der Waals surface area (Å²) in [7, 11) is 0. The average Bonchev–Trinajstić information content (AvgIpc) is 3.09. The SMILES string of the molecule is NCc1cccc(Br)c1OCOCC1CC1. The summed E-state index contributed by atoms with van der Waals surface area (Å²) in [5.41, 5.74) is 6.63. The number of benzene rings is 1. The smallest absolute Gasteiger partial charge is 0.189 e. The van der Waals surface area contributed by atoms with Crippen LogP contribution in [-0.4, -0.2) is 13.4 Å². The number of nitrogens with two attached hydrogens (primary N) is 1. The van der Waals surface area contributed by atoms with Crippen molar-refractivity contribution >= 4 is 15.9 Å². The van der Waals surface area contributed by atoms with Crippen molar-refractivity contribution in [3.8, 4) is 5.75 Å². The quantitative estimate of drug-likeness (QED) is 0.646. The molecule has 0 saturated heterocycles. The lowest BCUT2D eigenvalue weighted by atomic mass is 10.2. The Morgan fingerprint density at radius 1 is 1.38 bits per heavy atom. The van der Waals surface area contributed by atoms with Gasteiger partial charge >= 0.3 is 0 Å². The molecule has 0 atom stereocenters. The van der Waals surface area contributed by atoms with E-state index in [4.69, 9.17) is 15.2 Å². The van der Waals surface area contributed by atoms with Gasteiger partial charge in [-0.15, -0.1) is 0 Å². The normalized spacial score (nSPS) is 15.1. The Balaban J connectivity index is 1.86. The van der Waals surface area contributed by atoms with Gasteiger partial charge < -0.3 is 15.2 Å². The van der Waals surface area contributed by atoms with Crippen molar-refractivity contribution in [1.82, 2.24) is 0 Å². The molecule has 1 aliphatic rings. The molecule has 3 nitrogen and oxygen atoms in total. The van der Waals surface area contributed by atoms with Gasteiger partial charge in [0.15, 0.2) is 6.79 Å². The highest BCUT2D eigenvalue weighted by atomic mass is 79.9. The molecule has 0 amide bonds. The van der Waals surface area contributed by atoms with Crippen LogP contribution >= 0.6 is 15.9 Å². The molecule has 0 spiro atoms.